The molecule has 3 rings (SSSR count). The minimum atomic E-state index is -0.263. The zero-order chi connectivity index (χ0) is 17.1. The van der Waals surface area contributed by atoms with Gasteiger partial charge in [-0.2, -0.15) is 0 Å². The second-order valence-corrected chi connectivity index (χ2v) is 7.44. The number of carbonyl (C=O) groups is 3. The van der Waals surface area contributed by atoms with E-state index in [2.05, 4.69) is 21.7 Å². The van der Waals surface area contributed by atoms with Crippen LogP contribution in [-0.4, -0.2) is 34.0 Å². The van der Waals surface area contributed by atoms with Crippen LogP contribution in [0.1, 0.15) is 40.7 Å². The summed E-state index contributed by atoms with van der Waals surface area (Å²) in [4.78, 5) is 42.6. The van der Waals surface area contributed by atoms with Crippen molar-refractivity contribution in [3.8, 4) is 0 Å². The summed E-state index contributed by atoms with van der Waals surface area (Å²) in [5, 5.41) is 6.68. The molecule has 6 nitrogen and oxygen atoms in total. The number of nitrogens with zero attached hydrogens (tertiary/aromatic N) is 2. The third kappa shape index (κ3) is 3.88. The number of hydrogen-bond donors (Lipinski definition) is 1. The number of aromatic nitrogens is 1. The van der Waals surface area contributed by atoms with Crippen LogP contribution in [0.25, 0.3) is 0 Å². The van der Waals surface area contributed by atoms with Crippen LogP contribution in [0.15, 0.2) is 16.8 Å². The summed E-state index contributed by atoms with van der Waals surface area (Å²) in [6.45, 7) is 2.77. The normalized spacial score (nSPS) is 13.5. The average Bonchev–Trinajstić information content (AvgIpc) is 3.20. The molecule has 1 aliphatic rings. The number of amides is 2. The summed E-state index contributed by atoms with van der Waals surface area (Å²) in [5.41, 5.74) is 1.55. The fourth-order valence-corrected chi connectivity index (χ4v) is 4.17. The number of thiazole rings is 1. The molecule has 0 saturated carbocycles. The van der Waals surface area contributed by atoms with Crippen molar-refractivity contribution >= 4 is 45.4 Å². The standard InChI is InChI=1S/C16H17N3O3S2/c1-10(20)12-9-24-16(17-12)18-14(21)2-3-15(22)19-6-4-13-11(8-19)5-7-23-13/h5,7,9H,2-4,6,8H2,1H3,(H,17,18,21). The Bertz CT molecular complexity index is 781. The molecule has 0 bridgehead atoms. The van der Waals surface area contributed by atoms with Crippen molar-refractivity contribution in [3.05, 3.63) is 33.0 Å². The molecule has 0 spiro atoms. The first-order chi connectivity index (χ1) is 11.5. The molecule has 0 atom stereocenters. The molecule has 126 valence electrons. The predicted octanol–water partition coefficient (Wildman–Crippen LogP) is 2.71. The monoisotopic (exact) mass is 363 g/mol. The van der Waals surface area contributed by atoms with E-state index >= 15 is 0 Å². The van der Waals surface area contributed by atoms with Crippen molar-refractivity contribution in [3.63, 3.8) is 0 Å². The second kappa shape index (κ2) is 7.23. The number of ketones is 1. The Balaban J connectivity index is 1.47. The van der Waals surface area contributed by atoms with E-state index in [-0.39, 0.29) is 30.4 Å². The lowest BCUT2D eigenvalue weighted by Gasteiger charge is -2.27. The fourth-order valence-electron chi connectivity index (χ4n) is 2.51. The van der Waals surface area contributed by atoms with Crippen LogP contribution in [0.3, 0.4) is 0 Å². The van der Waals surface area contributed by atoms with Gasteiger partial charge >= 0.3 is 0 Å². The Morgan fingerprint density at radius 1 is 1.29 bits per heavy atom. The van der Waals surface area contributed by atoms with Gasteiger partial charge in [0.15, 0.2) is 10.9 Å². The van der Waals surface area contributed by atoms with E-state index in [0.717, 1.165) is 6.42 Å². The van der Waals surface area contributed by atoms with Gasteiger partial charge in [-0.15, -0.1) is 22.7 Å². The maximum absolute atomic E-state index is 12.3. The Morgan fingerprint density at radius 2 is 2.12 bits per heavy atom. The van der Waals surface area contributed by atoms with E-state index in [1.54, 1.807) is 21.6 Å². The molecule has 0 saturated heterocycles. The van der Waals surface area contributed by atoms with E-state index in [4.69, 9.17) is 0 Å². The van der Waals surface area contributed by atoms with E-state index < -0.39 is 0 Å². The van der Waals surface area contributed by atoms with Gasteiger partial charge in [-0.05, 0) is 23.4 Å². The largest absolute Gasteiger partial charge is 0.338 e. The summed E-state index contributed by atoms with van der Waals surface area (Å²) in [6, 6.07) is 2.06. The Kier molecular flexibility index (Phi) is 5.06. The first-order valence-electron chi connectivity index (χ1n) is 7.62. The number of rotatable bonds is 5. The van der Waals surface area contributed by atoms with Crippen LogP contribution in [0.2, 0.25) is 0 Å². The highest BCUT2D eigenvalue weighted by Crippen LogP contribution is 2.24. The first kappa shape index (κ1) is 16.8. The second-order valence-electron chi connectivity index (χ2n) is 5.58. The van der Waals surface area contributed by atoms with Crippen LogP contribution in [0.4, 0.5) is 5.13 Å². The lowest BCUT2D eigenvalue weighted by molar-refractivity contribution is -0.133. The predicted molar refractivity (Wildman–Crippen MR) is 93.4 cm³/mol. The smallest absolute Gasteiger partial charge is 0.226 e. The zero-order valence-corrected chi connectivity index (χ0v) is 14.8. The number of anilines is 1. The molecule has 8 heteroatoms. The van der Waals surface area contributed by atoms with Crippen molar-refractivity contribution in [2.45, 2.75) is 32.7 Å². The molecule has 0 unspecified atom stereocenters. The molecular weight excluding hydrogens is 346 g/mol. The lowest BCUT2D eigenvalue weighted by atomic mass is 10.1. The molecule has 0 radical (unpaired) electrons. The highest BCUT2D eigenvalue weighted by molar-refractivity contribution is 7.14. The Labute approximate surface area is 147 Å². The molecule has 2 amide bonds. The Hall–Kier alpha value is -2.06. The maximum Gasteiger partial charge on any atom is 0.226 e. The molecule has 3 heterocycles. The minimum Gasteiger partial charge on any atom is -0.338 e. The van der Waals surface area contributed by atoms with Crippen molar-refractivity contribution in [1.29, 1.82) is 0 Å². The molecular formula is C16H17N3O3S2. The number of nitrogens with one attached hydrogen (secondary N) is 1. The highest BCUT2D eigenvalue weighted by atomic mass is 32.1. The molecule has 0 aliphatic carbocycles. The minimum absolute atomic E-state index is 0.00874. The number of carbonyl (C=O) groups excluding carboxylic acids is 3. The van der Waals surface area contributed by atoms with Crippen molar-refractivity contribution < 1.29 is 14.4 Å². The molecule has 0 aromatic carbocycles. The molecule has 1 N–H and O–H groups in total. The highest BCUT2D eigenvalue weighted by Gasteiger charge is 2.22. The van der Waals surface area contributed by atoms with Crippen molar-refractivity contribution in [2.75, 3.05) is 11.9 Å². The molecule has 1 aliphatic heterocycles. The number of Topliss-reactive ketones (excluding diaryl/α,β-unsaturated/α-hetero) is 1. The molecule has 2 aromatic rings. The van der Waals surface area contributed by atoms with Crippen LogP contribution in [-0.2, 0) is 22.6 Å². The maximum atomic E-state index is 12.3. The summed E-state index contributed by atoms with van der Waals surface area (Å²) in [6.07, 6.45) is 1.18. The molecule has 2 aromatic heterocycles. The number of fused-ring (bicyclic) bond motifs is 1. The van der Waals surface area contributed by atoms with Gasteiger partial charge < -0.3 is 10.2 Å². The van der Waals surface area contributed by atoms with Crippen LogP contribution < -0.4 is 5.32 Å². The van der Waals surface area contributed by atoms with Crippen LogP contribution >= 0.6 is 22.7 Å². The van der Waals surface area contributed by atoms with Crippen LogP contribution in [0.5, 0.6) is 0 Å². The fraction of sp³-hybridized carbons (Fsp3) is 0.375. The molecule has 0 fully saturated rings. The lowest BCUT2D eigenvalue weighted by Crippen LogP contribution is -2.35. The summed E-state index contributed by atoms with van der Waals surface area (Å²) in [7, 11) is 0. The third-order valence-electron chi connectivity index (χ3n) is 3.84. The van der Waals surface area contributed by atoms with E-state index in [1.165, 1.54) is 28.7 Å². The van der Waals surface area contributed by atoms with Crippen molar-refractivity contribution in [2.24, 2.45) is 0 Å². The third-order valence-corrected chi connectivity index (χ3v) is 5.62. The summed E-state index contributed by atoms with van der Waals surface area (Å²) in [5.74, 6) is -0.411. The van der Waals surface area contributed by atoms with E-state index in [1.807, 2.05) is 0 Å². The number of hydrogen-bond acceptors (Lipinski definition) is 6. The topological polar surface area (TPSA) is 79.4 Å². The zero-order valence-electron chi connectivity index (χ0n) is 13.2. The quantitative estimate of drug-likeness (QED) is 0.829. The Morgan fingerprint density at radius 3 is 2.88 bits per heavy atom. The SMILES string of the molecule is CC(=O)c1csc(NC(=O)CCC(=O)N2CCc3sccc3C2)n1. The van der Waals surface area contributed by atoms with Gasteiger partial charge in [-0.3, -0.25) is 14.4 Å². The van der Waals surface area contributed by atoms with E-state index in [0.29, 0.717) is 23.9 Å². The van der Waals surface area contributed by atoms with Gasteiger partial charge in [0.25, 0.3) is 0 Å². The van der Waals surface area contributed by atoms with Gasteiger partial charge in [0, 0.05) is 43.1 Å². The van der Waals surface area contributed by atoms with Crippen molar-refractivity contribution in [1.82, 2.24) is 9.88 Å². The summed E-state index contributed by atoms with van der Waals surface area (Å²) >= 11 is 2.93. The first-order valence-corrected chi connectivity index (χ1v) is 9.38. The van der Waals surface area contributed by atoms with Gasteiger partial charge in [0.1, 0.15) is 5.69 Å². The van der Waals surface area contributed by atoms with Crippen LogP contribution in [0, 0.1) is 0 Å². The average molecular weight is 363 g/mol. The van der Waals surface area contributed by atoms with Gasteiger partial charge in [0.05, 0.1) is 0 Å². The molecule has 24 heavy (non-hydrogen) atoms. The van der Waals surface area contributed by atoms with Gasteiger partial charge in [-0.1, -0.05) is 0 Å². The number of thiophene rings is 1. The summed E-state index contributed by atoms with van der Waals surface area (Å²) < 4.78 is 0. The van der Waals surface area contributed by atoms with Gasteiger partial charge in [-0.25, -0.2) is 4.98 Å². The van der Waals surface area contributed by atoms with Gasteiger partial charge in [0.2, 0.25) is 11.8 Å². The van der Waals surface area contributed by atoms with E-state index in [9.17, 15) is 14.4 Å².